The Labute approximate surface area is 126 Å². The van der Waals surface area contributed by atoms with Gasteiger partial charge >= 0.3 is 0 Å². The number of benzene rings is 1. The molecule has 3 aromatic rings. The zero-order valence-corrected chi connectivity index (χ0v) is 11.9. The molecule has 0 aliphatic heterocycles. The molecule has 2 heterocycles. The van der Waals surface area contributed by atoms with Crippen LogP contribution < -0.4 is 10.9 Å². The van der Waals surface area contributed by atoms with Gasteiger partial charge in [-0.25, -0.2) is 4.98 Å². The van der Waals surface area contributed by atoms with E-state index in [1.165, 1.54) is 4.40 Å². The summed E-state index contributed by atoms with van der Waals surface area (Å²) in [5.41, 5.74) is 2.32. The van der Waals surface area contributed by atoms with E-state index in [1.54, 1.807) is 24.4 Å². The van der Waals surface area contributed by atoms with Gasteiger partial charge in [0.1, 0.15) is 17.0 Å². The second-order valence-corrected chi connectivity index (χ2v) is 4.84. The van der Waals surface area contributed by atoms with Crippen molar-refractivity contribution in [3.05, 3.63) is 70.1 Å². The fourth-order valence-electron chi connectivity index (χ4n) is 2.15. The molecule has 2 N–H and O–H groups in total. The number of aryl methyl sites for hydroxylation is 1. The van der Waals surface area contributed by atoms with Gasteiger partial charge in [-0.3, -0.25) is 9.20 Å². The number of oxime groups is 1. The Hall–Kier alpha value is -3.15. The highest BCUT2D eigenvalue weighted by atomic mass is 16.4. The molecule has 0 saturated heterocycles. The van der Waals surface area contributed by atoms with Crippen LogP contribution in [0.1, 0.15) is 11.1 Å². The molecule has 6 heteroatoms. The monoisotopic (exact) mass is 294 g/mol. The molecule has 0 aliphatic rings. The Morgan fingerprint density at radius 1 is 1.23 bits per heavy atom. The van der Waals surface area contributed by atoms with Gasteiger partial charge in [0.05, 0.1) is 6.21 Å². The molecule has 1 aromatic carbocycles. The molecule has 0 bridgehead atoms. The molecule has 6 nitrogen and oxygen atoms in total. The van der Waals surface area contributed by atoms with Gasteiger partial charge in [-0.15, -0.1) is 0 Å². The van der Waals surface area contributed by atoms with Gasteiger partial charge in [0, 0.05) is 11.9 Å². The first-order valence-corrected chi connectivity index (χ1v) is 6.71. The van der Waals surface area contributed by atoms with Crippen molar-refractivity contribution in [3.8, 4) is 0 Å². The quantitative estimate of drug-likeness (QED) is 0.442. The van der Waals surface area contributed by atoms with Crippen LogP contribution in [0, 0.1) is 6.92 Å². The van der Waals surface area contributed by atoms with E-state index in [-0.39, 0.29) is 11.1 Å². The minimum Gasteiger partial charge on any atom is -0.411 e. The Morgan fingerprint density at radius 3 is 2.73 bits per heavy atom. The van der Waals surface area contributed by atoms with Crippen molar-refractivity contribution in [1.29, 1.82) is 0 Å². The summed E-state index contributed by atoms with van der Waals surface area (Å²) >= 11 is 0. The summed E-state index contributed by atoms with van der Waals surface area (Å²) in [5.74, 6) is 0.345. The molecular formula is C16H14N4O2. The van der Waals surface area contributed by atoms with Crippen molar-refractivity contribution in [3.63, 3.8) is 0 Å². The number of pyridine rings is 1. The van der Waals surface area contributed by atoms with Gasteiger partial charge in [-0.2, -0.15) is 0 Å². The molecule has 3 rings (SSSR count). The maximum atomic E-state index is 12.5. The summed E-state index contributed by atoms with van der Waals surface area (Å²) in [6, 6.07) is 13.0. The largest absolute Gasteiger partial charge is 0.411 e. The molecular weight excluding hydrogens is 280 g/mol. The smallest absolute Gasteiger partial charge is 0.269 e. The van der Waals surface area contributed by atoms with Gasteiger partial charge in [-0.1, -0.05) is 28.9 Å². The lowest BCUT2D eigenvalue weighted by Crippen LogP contribution is -2.21. The summed E-state index contributed by atoms with van der Waals surface area (Å²) in [7, 11) is 0. The average molecular weight is 294 g/mol. The third-order valence-corrected chi connectivity index (χ3v) is 3.27. The van der Waals surface area contributed by atoms with Crippen LogP contribution in [0.4, 0.5) is 11.5 Å². The van der Waals surface area contributed by atoms with Gasteiger partial charge in [0.15, 0.2) is 0 Å². The maximum Gasteiger partial charge on any atom is 0.269 e. The van der Waals surface area contributed by atoms with Crippen LogP contribution in [0.15, 0.2) is 58.6 Å². The van der Waals surface area contributed by atoms with E-state index in [1.807, 2.05) is 31.2 Å². The number of hydrogen-bond donors (Lipinski definition) is 2. The minimum atomic E-state index is -0.307. The fourth-order valence-corrected chi connectivity index (χ4v) is 2.15. The number of fused-ring (bicyclic) bond motifs is 1. The van der Waals surface area contributed by atoms with Crippen LogP contribution >= 0.6 is 0 Å². The molecule has 0 radical (unpaired) electrons. The molecule has 0 spiro atoms. The number of anilines is 2. The van der Waals surface area contributed by atoms with Gasteiger partial charge in [-0.05, 0) is 31.2 Å². The lowest BCUT2D eigenvalue weighted by Gasteiger charge is -2.10. The average Bonchev–Trinajstić information content (AvgIpc) is 2.53. The normalized spacial score (nSPS) is 11.1. The molecule has 110 valence electrons. The lowest BCUT2D eigenvalue weighted by molar-refractivity contribution is 0.322. The number of nitrogens with zero attached hydrogens (tertiary/aromatic N) is 3. The molecule has 0 amide bonds. The van der Waals surface area contributed by atoms with Crippen LogP contribution in [-0.4, -0.2) is 20.8 Å². The van der Waals surface area contributed by atoms with Crippen molar-refractivity contribution in [2.24, 2.45) is 5.16 Å². The van der Waals surface area contributed by atoms with E-state index < -0.39 is 0 Å². The van der Waals surface area contributed by atoms with E-state index in [0.29, 0.717) is 11.5 Å². The Morgan fingerprint density at radius 2 is 2.00 bits per heavy atom. The first kappa shape index (κ1) is 13.8. The van der Waals surface area contributed by atoms with E-state index in [9.17, 15) is 4.79 Å². The fraction of sp³-hybridized carbons (Fsp3) is 0.0625. The number of aromatic nitrogens is 2. The molecule has 0 unspecified atom stereocenters. The zero-order valence-electron chi connectivity index (χ0n) is 11.9. The van der Waals surface area contributed by atoms with Crippen molar-refractivity contribution in [2.75, 3.05) is 5.32 Å². The Bertz CT molecular complexity index is 898. The summed E-state index contributed by atoms with van der Waals surface area (Å²) < 4.78 is 1.40. The van der Waals surface area contributed by atoms with Crippen molar-refractivity contribution in [2.45, 2.75) is 6.92 Å². The van der Waals surface area contributed by atoms with E-state index in [4.69, 9.17) is 5.21 Å². The van der Waals surface area contributed by atoms with E-state index >= 15 is 0 Å². The zero-order chi connectivity index (χ0) is 15.5. The van der Waals surface area contributed by atoms with Crippen LogP contribution in [0.25, 0.3) is 5.65 Å². The van der Waals surface area contributed by atoms with Crippen LogP contribution in [0.3, 0.4) is 0 Å². The molecule has 0 atom stereocenters. The Balaban J connectivity index is 2.16. The molecule has 22 heavy (non-hydrogen) atoms. The second kappa shape index (κ2) is 5.69. The first-order valence-electron chi connectivity index (χ1n) is 6.71. The van der Waals surface area contributed by atoms with Crippen molar-refractivity contribution < 1.29 is 5.21 Å². The summed E-state index contributed by atoms with van der Waals surface area (Å²) in [4.78, 5) is 16.9. The number of nitrogens with one attached hydrogen (secondary N) is 1. The van der Waals surface area contributed by atoms with E-state index in [2.05, 4.69) is 15.5 Å². The highest BCUT2D eigenvalue weighted by Crippen LogP contribution is 2.17. The lowest BCUT2D eigenvalue weighted by atomic mass is 10.2. The van der Waals surface area contributed by atoms with Gasteiger partial charge < -0.3 is 10.5 Å². The second-order valence-electron chi connectivity index (χ2n) is 4.84. The summed E-state index contributed by atoms with van der Waals surface area (Å²) in [6.07, 6.45) is 2.71. The molecule has 2 aromatic heterocycles. The molecule has 0 saturated carbocycles. The van der Waals surface area contributed by atoms with Gasteiger partial charge in [0.2, 0.25) is 0 Å². The first-order chi connectivity index (χ1) is 10.7. The van der Waals surface area contributed by atoms with Crippen LogP contribution in [0.5, 0.6) is 0 Å². The Kier molecular flexibility index (Phi) is 3.57. The number of hydrogen-bond acceptors (Lipinski definition) is 5. The van der Waals surface area contributed by atoms with Crippen LogP contribution in [0.2, 0.25) is 0 Å². The highest BCUT2D eigenvalue weighted by Gasteiger charge is 2.11. The van der Waals surface area contributed by atoms with E-state index in [0.717, 1.165) is 17.5 Å². The third kappa shape index (κ3) is 2.54. The summed E-state index contributed by atoms with van der Waals surface area (Å²) in [6.45, 7) is 1.99. The summed E-state index contributed by atoms with van der Waals surface area (Å²) in [5, 5.41) is 14.9. The van der Waals surface area contributed by atoms with Crippen LogP contribution in [-0.2, 0) is 0 Å². The topological polar surface area (TPSA) is 79.0 Å². The maximum absolute atomic E-state index is 12.5. The predicted molar refractivity (Wildman–Crippen MR) is 85.3 cm³/mol. The molecule has 0 fully saturated rings. The number of rotatable bonds is 3. The minimum absolute atomic E-state index is 0.187. The van der Waals surface area contributed by atoms with Crippen molar-refractivity contribution >= 4 is 23.4 Å². The predicted octanol–water partition coefficient (Wildman–Crippen LogP) is 2.55. The van der Waals surface area contributed by atoms with Crippen molar-refractivity contribution in [1.82, 2.24) is 9.38 Å². The molecule has 0 aliphatic carbocycles. The highest BCUT2D eigenvalue weighted by molar-refractivity contribution is 5.87. The third-order valence-electron chi connectivity index (χ3n) is 3.27. The standard InChI is InChI=1S/C16H14N4O2/c1-11-5-7-12(8-6-11)18-15-13(10-17-22)16(21)20-9-3-2-4-14(20)19-15/h2-10,18,22H,1H3/b17-10-. The SMILES string of the molecule is Cc1ccc(Nc2nc3ccccn3c(=O)c2/C=N\O)cc1. The van der Waals surface area contributed by atoms with Gasteiger partial charge in [0.25, 0.3) is 5.56 Å².